The molecule has 0 bridgehead atoms. The maximum absolute atomic E-state index is 12.3. The predicted octanol–water partition coefficient (Wildman–Crippen LogP) is 3.54. The summed E-state index contributed by atoms with van der Waals surface area (Å²) < 4.78 is 8.26. The van der Waals surface area contributed by atoms with Crippen LogP contribution in [0.2, 0.25) is 18.1 Å². The van der Waals surface area contributed by atoms with Crippen LogP contribution in [0, 0.1) is 12.8 Å². The molecule has 0 radical (unpaired) electrons. The SMILES string of the molecule is Cc1c(O)cc(=O)n2c1[C@@H]1C[C@@H]1[C@H]2CO[Si](C)(C)C(C)(C)C. The number of pyridine rings is 1. The van der Waals surface area contributed by atoms with Crippen molar-refractivity contribution in [3.63, 3.8) is 0 Å². The molecule has 2 aliphatic rings. The first kappa shape index (κ1) is 15.8. The Morgan fingerprint density at radius 2 is 2.05 bits per heavy atom. The summed E-state index contributed by atoms with van der Waals surface area (Å²) in [6, 6.07) is 1.49. The van der Waals surface area contributed by atoms with Crippen LogP contribution in [0.1, 0.15) is 50.4 Å². The summed E-state index contributed by atoms with van der Waals surface area (Å²) in [7, 11) is -1.81. The normalized spacial score (nSPS) is 26.7. The molecule has 3 rings (SSSR count). The third-order valence-corrected chi connectivity index (χ3v) is 10.5. The molecule has 1 saturated carbocycles. The van der Waals surface area contributed by atoms with Crippen LogP contribution in [0.25, 0.3) is 0 Å². The van der Waals surface area contributed by atoms with Gasteiger partial charge in [-0.15, -0.1) is 0 Å². The Morgan fingerprint density at radius 1 is 1.41 bits per heavy atom. The molecule has 0 aromatic carbocycles. The average molecular weight is 321 g/mol. The van der Waals surface area contributed by atoms with Gasteiger partial charge in [-0.3, -0.25) is 4.79 Å². The van der Waals surface area contributed by atoms with Crippen LogP contribution in [0.3, 0.4) is 0 Å². The molecular formula is C17H27NO3Si. The van der Waals surface area contributed by atoms with E-state index in [1.165, 1.54) is 6.07 Å². The van der Waals surface area contributed by atoms with Crippen molar-refractivity contribution in [1.29, 1.82) is 0 Å². The van der Waals surface area contributed by atoms with Crippen molar-refractivity contribution >= 4 is 8.32 Å². The summed E-state index contributed by atoms with van der Waals surface area (Å²) >= 11 is 0. The fraction of sp³-hybridized carbons (Fsp3) is 0.706. The van der Waals surface area contributed by atoms with Crippen LogP contribution in [0.5, 0.6) is 5.75 Å². The van der Waals surface area contributed by atoms with Gasteiger partial charge < -0.3 is 14.1 Å². The van der Waals surface area contributed by atoms with Crippen molar-refractivity contribution in [3.8, 4) is 5.75 Å². The molecule has 5 heteroatoms. The van der Waals surface area contributed by atoms with Gasteiger partial charge in [0.05, 0.1) is 12.6 Å². The molecule has 0 amide bonds. The lowest BCUT2D eigenvalue weighted by Gasteiger charge is -2.37. The molecule has 3 atom stereocenters. The summed E-state index contributed by atoms with van der Waals surface area (Å²) in [6.45, 7) is 13.7. The third-order valence-electron chi connectivity index (χ3n) is 5.96. The highest BCUT2D eigenvalue weighted by Crippen LogP contribution is 2.60. The van der Waals surface area contributed by atoms with E-state index in [4.69, 9.17) is 4.43 Å². The number of rotatable bonds is 3. The fourth-order valence-corrected chi connectivity index (χ4v) is 4.40. The van der Waals surface area contributed by atoms with Gasteiger partial charge in [0.25, 0.3) is 5.56 Å². The van der Waals surface area contributed by atoms with Gasteiger partial charge in [-0.1, -0.05) is 20.8 Å². The Labute approximate surface area is 133 Å². The number of nitrogens with zero attached hydrogens (tertiary/aromatic N) is 1. The third kappa shape index (κ3) is 2.26. The maximum Gasteiger partial charge on any atom is 0.254 e. The zero-order valence-corrected chi connectivity index (χ0v) is 15.4. The quantitative estimate of drug-likeness (QED) is 0.866. The Hall–Kier alpha value is -1.07. The Morgan fingerprint density at radius 3 is 2.64 bits per heavy atom. The van der Waals surface area contributed by atoms with E-state index in [0.29, 0.717) is 18.4 Å². The number of hydrogen-bond acceptors (Lipinski definition) is 3. The molecule has 0 saturated heterocycles. The van der Waals surface area contributed by atoms with Crippen LogP contribution < -0.4 is 5.56 Å². The van der Waals surface area contributed by atoms with E-state index < -0.39 is 8.32 Å². The van der Waals surface area contributed by atoms with Gasteiger partial charge in [-0.05, 0) is 37.4 Å². The topological polar surface area (TPSA) is 51.5 Å². The van der Waals surface area contributed by atoms with E-state index in [0.717, 1.165) is 17.7 Å². The predicted molar refractivity (Wildman–Crippen MR) is 90.1 cm³/mol. The van der Waals surface area contributed by atoms with E-state index in [1.54, 1.807) is 0 Å². The van der Waals surface area contributed by atoms with Gasteiger partial charge in [0.15, 0.2) is 8.32 Å². The Kier molecular flexibility index (Phi) is 3.39. The maximum atomic E-state index is 12.3. The van der Waals surface area contributed by atoms with Crippen LogP contribution in [-0.4, -0.2) is 24.6 Å². The first-order chi connectivity index (χ1) is 10.0. The second kappa shape index (κ2) is 4.71. The van der Waals surface area contributed by atoms with Crippen molar-refractivity contribution in [3.05, 3.63) is 27.7 Å². The van der Waals surface area contributed by atoms with Crippen LogP contribution in [-0.2, 0) is 4.43 Å². The smallest absolute Gasteiger partial charge is 0.254 e. The molecule has 0 spiro atoms. The number of hydrogen-bond donors (Lipinski definition) is 1. The minimum Gasteiger partial charge on any atom is -0.507 e. The molecule has 1 fully saturated rings. The van der Waals surface area contributed by atoms with Crippen LogP contribution >= 0.6 is 0 Å². The average Bonchev–Trinajstić information content (AvgIpc) is 3.08. The lowest BCUT2D eigenvalue weighted by Crippen LogP contribution is -2.42. The van der Waals surface area contributed by atoms with E-state index in [1.807, 2.05) is 11.5 Å². The monoisotopic (exact) mass is 321 g/mol. The second-order valence-electron chi connectivity index (χ2n) is 8.39. The molecule has 1 aliphatic heterocycles. The van der Waals surface area contributed by atoms with Crippen molar-refractivity contribution in [2.45, 2.75) is 64.2 Å². The molecule has 4 nitrogen and oxygen atoms in total. The minimum atomic E-state index is -1.81. The van der Waals surface area contributed by atoms with Crippen LogP contribution in [0.15, 0.2) is 10.9 Å². The van der Waals surface area contributed by atoms with Gasteiger partial charge >= 0.3 is 0 Å². The van der Waals surface area contributed by atoms with Crippen molar-refractivity contribution in [1.82, 2.24) is 4.57 Å². The van der Waals surface area contributed by atoms with E-state index >= 15 is 0 Å². The summed E-state index contributed by atoms with van der Waals surface area (Å²) in [6.07, 6.45) is 1.12. The highest BCUT2D eigenvalue weighted by molar-refractivity contribution is 6.74. The Balaban J connectivity index is 1.88. The standard InChI is InChI=1S/C17H27NO3Si/c1-10-14(19)8-15(20)18-13(11-7-12(11)16(10)18)9-21-22(5,6)17(2,3)4/h8,11-13,19H,7,9H2,1-6H3/t11-,12+,13+/m0/s1. The summed E-state index contributed by atoms with van der Waals surface area (Å²) in [4.78, 5) is 12.3. The summed E-state index contributed by atoms with van der Waals surface area (Å²) in [5.41, 5.74) is 1.81. The number of aromatic hydroxyl groups is 1. The second-order valence-corrected chi connectivity index (χ2v) is 13.2. The molecule has 1 aromatic heterocycles. The van der Waals surface area contributed by atoms with Crippen LogP contribution in [0.4, 0.5) is 0 Å². The minimum absolute atomic E-state index is 0.0888. The molecule has 0 unspecified atom stereocenters. The Bertz CT molecular complexity index is 672. The molecule has 122 valence electrons. The molecule has 2 heterocycles. The first-order valence-electron chi connectivity index (χ1n) is 8.13. The molecular weight excluding hydrogens is 294 g/mol. The van der Waals surface area contributed by atoms with Crippen molar-refractivity contribution in [2.75, 3.05) is 6.61 Å². The highest BCUT2D eigenvalue weighted by Gasteiger charge is 2.54. The molecule has 1 aliphatic carbocycles. The van der Waals surface area contributed by atoms with Gasteiger partial charge in [0, 0.05) is 23.2 Å². The molecule has 1 N–H and O–H groups in total. The van der Waals surface area contributed by atoms with E-state index in [9.17, 15) is 9.90 Å². The number of aromatic nitrogens is 1. The zero-order valence-electron chi connectivity index (χ0n) is 14.4. The van der Waals surface area contributed by atoms with Crippen molar-refractivity contribution < 1.29 is 9.53 Å². The summed E-state index contributed by atoms with van der Waals surface area (Å²) in [5, 5.41) is 10.1. The largest absolute Gasteiger partial charge is 0.507 e. The molecule has 1 aromatic rings. The highest BCUT2D eigenvalue weighted by atomic mass is 28.4. The van der Waals surface area contributed by atoms with Gasteiger partial charge in [0.1, 0.15) is 5.75 Å². The van der Waals surface area contributed by atoms with E-state index in [-0.39, 0.29) is 22.4 Å². The lowest BCUT2D eigenvalue weighted by molar-refractivity contribution is 0.218. The van der Waals surface area contributed by atoms with Crippen molar-refractivity contribution in [2.24, 2.45) is 5.92 Å². The van der Waals surface area contributed by atoms with Gasteiger partial charge in [-0.25, -0.2) is 0 Å². The fourth-order valence-electron chi connectivity index (χ4n) is 3.38. The first-order valence-corrected chi connectivity index (χ1v) is 11.0. The van der Waals surface area contributed by atoms with Gasteiger partial charge in [-0.2, -0.15) is 0 Å². The lowest BCUT2D eigenvalue weighted by atomic mass is 10.1. The van der Waals surface area contributed by atoms with Gasteiger partial charge in [0.2, 0.25) is 0 Å². The van der Waals surface area contributed by atoms with E-state index in [2.05, 4.69) is 33.9 Å². The molecule has 22 heavy (non-hydrogen) atoms. The summed E-state index contributed by atoms with van der Waals surface area (Å²) in [5.74, 6) is 1.08. The number of fused-ring (bicyclic) bond motifs is 3. The zero-order chi connectivity index (χ0) is 16.4.